The number of esters is 1. The number of ether oxygens (including phenoxy) is 1. The van der Waals surface area contributed by atoms with Crippen molar-refractivity contribution in [2.24, 2.45) is 0 Å². The van der Waals surface area contributed by atoms with E-state index in [9.17, 15) is 9.00 Å². The summed E-state index contributed by atoms with van der Waals surface area (Å²) in [4.78, 5) is 11.4. The second kappa shape index (κ2) is 6.43. The molecule has 0 fully saturated rings. The molecule has 1 aromatic rings. The van der Waals surface area contributed by atoms with Gasteiger partial charge in [0.15, 0.2) is 0 Å². The fourth-order valence-electron chi connectivity index (χ4n) is 1.23. The molecule has 0 saturated heterocycles. The minimum Gasteiger partial charge on any atom is -0.465 e. The van der Waals surface area contributed by atoms with Crippen molar-refractivity contribution in [3.63, 3.8) is 0 Å². The molecule has 0 radical (unpaired) electrons. The highest BCUT2D eigenvalue weighted by Gasteiger charge is 2.20. The SMILES string of the molecule is CCOC(=O)C(C)S(=O)Cc1ccccc1. The summed E-state index contributed by atoms with van der Waals surface area (Å²) in [5.74, 6) is -0.00218. The summed E-state index contributed by atoms with van der Waals surface area (Å²) in [6.45, 7) is 3.70. The van der Waals surface area contributed by atoms with E-state index in [2.05, 4.69) is 0 Å². The van der Waals surface area contributed by atoms with E-state index < -0.39 is 22.0 Å². The van der Waals surface area contributed by atoms with Gasteiger partial charge in [0.05, 0.1) is 6.61 Å². The first-order chi connectivity index (χ1) is 7.65. The van der Waals surface area contributed by atoms with Gasteiger partial charge in [0, 0.05) is 16.6 Å². The Labute approximate surface area is 98.3 Å². The van der Waals surface area contributed by atoms with Crippen LogP contribution in [0, 0.1) is 0 Å². The lowest BCUT2D eigenvalue weighted by molar-refractivity contribution is -0.142. The zero-order chi connectivity index (χ0) is 12.0. The molecule has 4 heteroatoms. The Bertz CT molecular complexity index is 362. The van der Waals surface area contributed by atoms with Gasteiger partial charge in [-0.1, -0.05) is 30.3 Å². The van der Waals surface area contributed by atoms with Crippen LogP contribution in [-0.2, 0) is 26.1 Å². The molecule has 0 aliphatic heterocycles. The van der Waals surface area contributed by atoms with Gasteiger partial charge < -0.3 is 4.74 Å². The molecule has 0 N–H and O–H groups in total. The van der Waals surface area contributed by atoms with Crippen molar-refractivity contribution in [1.29, 1.82) is 0 Å². The Morgan fingerprint density at radius 3 is 2.56 bits per heavy atom. The van der Waals surface area contributed by atoms with E-state index in [-0.39, 0.29) is 0 Å². The molecule has 0 aromatic heterocycles. The molecule has 0 spiro atoms. The van der Waals surface area contributed by atoms with Gasteiger partial charge in [-0.3, -0.25) is 9.00 Å². The van der Waals surface area contributed by atoms with Crippen LogP contribution in [0.25, 0.3) is 0 Å². The average molecular weight is 240 g/mol. The van der Waals surface area contributed by atoms with Gasteiger partial charge in [-0.25, -0.2) is 0 Å². The van der Waals surface area contributed by atoms with Gasteiger partial charge in [-0.05, 0) is 19.4 Å². The Balaban J connectivity index is 2.56. The highest BCUT2D eigenvalue weighted by Crippen LogP contribution is 2.08. The quantitative estimate of drug-likeness (QED) is 0.738. The third-order valence-electron chi connectivity index (χ3n) is 2.16. The first kappa shape index (κ1) is 12.9. The molecular weight excluding hydrogens is 224 g/mol. The van der Waals surface area contributed by atoms with Gasteiger partial charge >= 0.3 is 5.97 Å². The molecule has 2 unspecified atom stereocenters. The van der Waals surface area contributed by atoms with Crippen molar-refractivity contribution >= 4 is 16.8 Å². The standard InChI is InChI=1S/C12H16O3S/c1-3-15-12(13)10(2)16(14)9-11-7-5-4-6-8-11/h4-8,10H,3,9H2,1-2H3. The van der Waals surface area contributed by atoms with Crippen LogP contribution in [0.3, 0.4) is 0 Å². The molecule has 0 heterocycles. The molecular formula is C12H16O3S. The van der Waals surface area contributed by atoms with Crippen LogP contribution >= 0.6 is 0 Å². The van der Waals surface area contributed by atoms with E-state index in [0.717, 1.165) is 5.56 Å². The molecule has 3 nitrogen and oxygen atoms in total. The van der Waals surface area contributed by atoms with Crippen molar-refractivity contribution < 1.29 is 13.7 Å². The van der Waals surface area contributed by atoms with Crippen molar-refractivity contribution in [3.05, 3.63) is 35.9 Å². The van der Waals surface area contributed by atoms with Crippen LogP contribution in [0.15, 0.2) is 30.3 Å². The van der Waals surface area contributed by atoms with Crippen LogP contribution in [0.2, 0.25) is 0 Å². The van der Waals surface area contributed by atoms with Crippen LogP contribution in [0.5, 0.6) is 0 Å². The molecule has 1 rings (SSSR count). The lowest BCUT2D eigenvalue weighted by Crippen LogP contribution is -2.25. The van der Waals surface area contributed by atoms with Gasteiger partial charge in [0.2, 0.25) is 0 Å². The Morgan fingerprint density at radius 1 is 1.38 bits per heavy atom. The third-order valence-corrected chi connectivity index (χ3v) is 3.76. The number of benzene rings is 1. The molecule has 0 amide bonds. The Morgan fingerprint density at radius 2 is 2.00 bits per heavy atom. The fourth-order valence-corrected chi connectivity index (χ4v) is 2.28. The van der Waals surface area contributed by atoms with Crippen molar-refractivity contribution in [2.75, 3.05) is 6.61 Å². The summed E-state index contributed by atoms with van der Waals surface area (Å²) in [6.07, 6.45) is 0. The minimum atomic E-state index is -1.22. The summed E-state index contributed by atoms with van der Waals surface area (Å²) in [5.41, 5.74) is 0.969. The number of carbonyl (C=O) groups excluding carboxylic acids is 1. The molecule has 1 aromatic carbocycles. The molecule has 0 aliphatic rings. The van der Waals surface area contributed by atoms with Gasteiger partial charge in [0.25, 0.3) is 0 Å². The second-order valence-electron chi connectivity index (χ2n) is 3.40. The minimum absolute atomic E-state index is 0.325. The highest BCUT2D eigenvalue weighted by atomic mass is 32.2. The summed E-state index contributed by atoms with van der Waals surface area (Å²) >= 11 is 0. The van der Waals surface area contributed by atoms with Crippen LogP contribution in [-0.4, -0.2) is 22.0 Å². The van der Waals surface area contributed by atoms with Crippen LogP contribution in [0.4, 0.5) is 0 Å². The lowest BCUT2D eigenvalue weighted by Gasteiger charge is -2.10. The normalized spacial score (nSPS) is 14.1. The van der Waals surface area contributed by atoms with Crippen molar-refractivity contribution in [3.8, 4) is 0 Å². The maximum absolute atomic E-state index is 11.8. The molecule has 88 valence electrons. The number of hydrogen-bond donors (Lipinski definition) is 0. The Kier molecular flexibility index (Phi) is 5.19. The number of hydrogen-bond acceptors (Lipinski definition) is 3. The summed E-state index contributed by atoms with van der Waals surface area (Å²) in [6, 6.07) is 9.48. The summed E-state index contributed by atoms with van der Waals surface area (Å²) < 4.78 is 16.7. The van der Waals surface area contributed by atoms with Gasteiger partial charge in [-0.15, -0.1) is 0 Å². The van der Waals surface area contributed by atoms with Gasteiger partial charge in [-0.2, -0.15) is 0 Å². The van der Waals surface area contributed by atoms with Gasteiger partial charge in [0.1, 0.15) is 5.25 Å². The maximum atomic E-state index is 11.8. The fraction of sp³-hybridized carbons (Fsp3) is 0.417. The topological polar surface area (TPSA) is 43.4 Å². The molecule has 16 heavy (non-hydrogen) atoms. The average Bonchev–Trinajstić information content (AvgIpc) is 2.29. The largest absolute Gasteiger partial charge is 0.465 e. The molecule has 0 aliphatic carbocycles. The van der Waals surface area contributed by atoms with Crippen LogP contribution < -0.4 is 0 Å². The van der Waals surface area contributed by atoms with Crippen molar-refractivity contribution in [1.82, 2.24) is 0 Å². The Hall–Kier alpha value is -1.16. The first-order valence-electron chi connectivity index (χ1n) is 5.23. The zero-order valence-electron chi connectivity index (χ0n) is 9.51. The predicted molar refractivity (Wildman–Crippen MR) is 64.4 cm³/mol. The second-order valence-corrected chi connectivity index (χ2v) is 5.16. The summed E-state index contributed by atoms with van der Waals surface area (Å²) in [5, 5.41) is -0.569. The van der Waals surface area contributed by atoms with E-state index >= 15 is 0 Å². The smallest absolute Gasteiger partial charge is 0.321 e. The zero-order valence-corrected chi connectivity index (χ0v) is 10.3. The predicted octanol–water partition coefficient (Wildman–Crippen LogP) is 1.89. The highest BCUT2D eigenvalue weighted by molar-refractivity contribution is 7.85. The molecule has 0 saturated carbocycles. The third kappa shape index (κ3) is 3.77. The number of rotatable bonds is 5. The first-order valence-corrected chi connectivity index (χ1v) is 6.61. The van der Waals surface area contributed by atoms with E-state index in [1.807, 2.05) is 30.3 Å². The van der Waals surface area contributed by atoms with E-state index in [1.54, 1.807) is 13.8 Å². The monoisotopic (exact) mass is 240 g/mol. The lowest BCUT2D eigenvalue weighted by atomic mass is 10.2. The summed E-state index contributed by atoms with van der Waals surface area (Å²) in [7, 11) is -1.22. The molecule has 0 bridgehead atoms. The molecule has 2 atom stereocenters. The maximum Gasteiger partial charge on any atom is 0.321 e. The van der Waals surface area contributed by atoms with E-state index in [0.29, 0.717) is 12.4 Å². The van der Waals surface area contributed by atoms with Crippen LogP contribution in [0.1, 0.15) is 19.4 Å². The van der Waals surface area contributed by atoms with E-state index in [4.69, 9.17) is 4.74 Å². The van der Waals surface area contributed by atoms with E-state index in [1.165, 1.54) is 0 Å². The van der Waals surface area contributed by atoms with Crippen molar-refractivity contribution in [2.45, 2.75) is 24.9 Å². The number of carbonyl (C=O) groups is 1.